The summed E-state index contributed by atoms with van der Waals surface area (Å²) in [6.07, 6.45) is 0. The van der Waals surface area contributed by atoms with E-state index in [2.05, 4.69) is 18.2 Å². The quantitative estimate of drug-likeness (QED) is 0.479. The summed E-state index contributed by atoms with van der Waals surface area (Å²) in [5, 5.41) is 3.50. The average Bonchev–Trinajstić information content (AvgIpc) is 2.72. The van der Waals surface area contributed by atoms with Crippen LogP contribution in [0.2, 0.25) is 0 Å². The zero-order valence-corrected chi connectivity index (χ0v) is 12.0. The molecule has 1 heteroatoms. The largest absolute Gasteiger partial charge is 0.289 e. The van der Waals surface area contributed by atoms with E-state index < -0.39 is 0 Å². The third-order valence-electron chi connectivity index (χ3n) is 4.05. The predicted octanol–water partition coefficient (Wildman–Crippen LogP) is 5.02. The fraction of sp³-hybridized carbons (Fsp3) is 0. The Morgan fingerprint density at radius 2 is 1.14 bits per heavy atom. The number of hydrogen-bond donors (Lipinski definition) is 0. The lowest BCUT2D eigenvalue weighted by Gasteiger charge is -2.02. The van der Waals surface area contributed by atoms with Crippen LogP contribution in [0.15, 0.2) is 89.7 Å². The SMILES string of the molecule is O=c1c2ccccc2cc(-c2ccccc2)c2ccccc12. The monoisotopic (exact) mass is 282 g/mol. The maximum atomic E-state index is 12.9. The van der Waals surface area contributed by atoms with Crippen LogP contribution >= 0.6 is 0 Å². The van der Waals surface area contributed by atoms with Crippen molar-refractivity contribution in [3.63, 3.8) is 0 Å². The van der Waals surface area contributed by atoms with E-state index in [9.17, 15) is 4.79 Å². The van der Waals surface area contributed by atoms with E-state index in [1.165, 1.54) is 0 Å². The molecule has 0 spiro atoms. The molecule has 0 aliphatic carbocycles. The van der Waals surface area contributed by atoms with Gasteiger partial charge in [-0.1, -0.05) is 78.9 Å². The van der Waals surface area contributed by atoms with Crippen molar-refractivity contribution in [2.24, 2.45) is 0 Å². The maximum absolute atomic E-state index is 12.9. The summed E-state index contributed by atoms with van der Waals surface area (Å²) in [5.41, 5.74) is 2.31. The second-order valence-electron chi connectivity index (χ2n) is 5.39. The Kier molecular flexibility index (Phi) is 2.97. The van der Waals surface area contributed by atoms with Crippen LogP contribution in [-0.2, 0) is 0 Å². The third kappa shape index (κ3) is 1.99. The van der Waals surface area contributed by atoms with Gasteiger partial charge >= 0.3 is 0 Å². The van der Waals surface area contributed by atoms with Gasteiger partial charge in [-0.3, -0.25) is 4.79 Å². The molecule has 0 bridgehead atoms. The summed E-state index contributed by atoms with van der Waals surface area (Å²) in [4.78, 5) is 12.9. The summed E-state index contributed by atoms with van der Waals surface area (Å²) in [5.74, 6) is 0. The van der Waals surface area contributed by atoms with Crippen LogP contribution in [0.5, 0.6) is 0 Å². The molecule has 104 valence electrons. The zero-order chi connectivity index (χ0) is 14.9. The highest BCUT2D eigenvalue weighted by Crippen LogP contribution is 2.28. The van der Waals surface area contributed by atoms with Crippen molar-refractivity contribution in [3.8, 4) is 11.1 Å². The van der Waals surface area contributed by atoms with Gasteiger partial charge in [-0.2, -0.15) is 0 Å². The Morgan fingerprint density at radius 3 is 1.91 bits per heavy atom. The molecule has 4 aromatic rings. The van der Waals surface area contributed by atoms with Crippen molar-refractivity contribution in [3.05, 3.63) is 95.2 Å². The summed E-state index contributed by atoms with van der Waals surface area (Å²) in [6, 6.07) is 28.0. The molecule has 1 nitrogen and oxygen atoms in total. The van der Waals surface area contributed by atoms with Gasteiger partial charge in [0.15, 0.2) is 5.43 Å². The van der Waals surface area contributed by atoms with Gasteiger partial charge in [-0.15, -0.1) is 0 Å². The van der Waals surface area contributed by atoms with Crippen molar-refractivity contribution < 1.29 is 0 Å². The molecule has 0 amide bonds. The first-order chi connectivity index (χ1) is 10.8. The first-order valence-electron chi connectivity index (χ1n) is 7.35. The molecule has 4 aromatic carbocycles. The molecule has 0 saturated heterocycles. The Bertz CT molecular complexity index is 1030. The fourth-order valence-electron chi connectivity index (χ4n) is 2.98. The summed E-state index contributed by atoms with van der Waals surface area (Å²) >= 11 is 0. The lowest BCUT2D eigenvalue weighted by atomic mass is 10.0. The van der Waals surface area contributed by atoms with Gasteiger partial charge in [0.25, 0.3) is 0 Å². The van der Waals surface area contributed by atoms with E-state index in [-0.39, 0.29) is 5.43 Å². The molecule has 0 unspecified atom stereocenters. The molecule has 0 heterocycles. The molecule has 0 atom stereocenters. The third-order valence-corrected chi connectivity index (χ3v) is 4.05. The second-order valence-corrected chi connectivity index (χ2v) is 5.39. The first kappa shape index (κ1) is 12.8. The van der Waals surface area contributed by atoms with Crippen molar-refractivity contribution in [1.82, 2.24) is 0 Å². The fourth-order valence-corrected chi connectivity index (χ4v) is 2.98. The van der Waals surface area contributed by atoms with E-state index >= 15 is 0 Å². The highest BCUT2D eigenvalue weighted by molar-refractivity contribution is 6.02. The van der Waals surface area contributed by atoms with E-state index in [1.807, 2.05) is 66.7 Å². The van der Waals surface area contributed by atoms with Crippen molar-refractivity contribution >= 4 is 21.5 Å². The molecular weight excluding hydrogens is 268 g/mol. The van der Waals surface area contributed by atoms with Gasteiger partial charge in [0.05, 0.1) is 0 Å². The maximum Gasteiger partial charge on any atom is 0.194 e. The van der Waals surface area contributed by atoms with Crippen LogP contribution in [0.25, 0.3) is 32.7 Å². The number of fused-ring (bicyclic) bond motifs is 2. The van der Waals surface area contributed by atoms with Crippen LogP contribution in [-0.4, -0.2) is 0 Å². The first-order valence-corrected chi connectivity index (χ1v) is 7.35. The molecule has 0 fully saturated rings. The van der Waals surface area contributed by atoms with Crippen molar-refractivity contribution in [2.45, 2.75) is 0 Å². The highest BCUT2D eigenvalue weighted by atomic mass is 16.1. The minimum atomic E-state index is 0.0911. The number of rotatable bonds is 1. The normalized spacial score (nSPS) is 10.9. The summed E-state index contributed by atoms with van der Waals surface area (Å²) in [6.45, 7) is 0. The van der Waals surface area contributed by atoms with Gasteiger partial charge in [0.2, 0.25) is 0 Å². The molecule has 0 aromatic heterocycles. The Balaban J connectivity index is 2.29. The van der Waals surface area contributed by atoms with Gasteiger partial charge in [-0.25, -0.2) is 0 Å². The van der Waals surface area contributed by atoms with Gasteiger partial charge < -0.3 is 0 Å². The Hall–Kier alpha value is -2.93. The highest BCUT2D eigenvalue weighted by Gasteiger charge is 2.08. The summed E-state index contributed by atoms with van der Waals surface area (Å²) in [7, 11) is 0. The summed E-state index contributed by atoms with van der Waals surface area (Å²) < 4.78 is 0. The van der Waals surface area contributed by atoms with Crippen LogP contribution in [0.3, 0.4) is 0 Å². The lowest BCUT2D eigenvalue weighted by molar-refractivity contribution is 1.67. The molecule has 0 N–H and O–H groups in total. The molecule has 0 aliphatic heterocycles. The van der Waals surface area contributed by atoms with Crippen molar-refractivity contribution in [2.75, 3.05) is 0 Å². The van der Waals surface area contributed by atoms with Gasteiger partial charge in [0, 0.05) is 10.8 Å². The predicted molar refractivity (Wildman–Crippen MR) is 93.2 cm³/mol. The van der Waals surface area contributed by atoms with Crippen LogP contribution in [0.4, 0.5) is 0 Å². The minimum Gasteiger partial charge on any atom is -0.289 e. The zero-order valence-electron chi connectivity index (χ0n) is 12.0. The molecule has 0 saturated carbocycles. The minimum absolute atomic E-state index is 0.0911. The van der Waals surface area contributed by atoms with Crippen LogP contribution < -0.4 is 5.43 Å². The topological polar surface area (TPSA) is 17.1 Å². The smallest absolute Gasteiger partial charge is 0.194 e. The van der Waals surface area contributed by atoms with Crippen LogP contribution in [0, 0.1) is 0 Å². The van der Waals surface area contributed by atoms with E-state index in [4.69, 9.17) is 0 Å². The Morgan fingerprint density at radius 1 is 0.545 bits per heavy atom. The molecular formula is C21H14O. The van der Waals surface area contributed by atoms with E-state index in [1.54, 1.807) is 0 Å². The average molecular weight is 282 g/mol. The molecule has 0 radical (unpaired) electrons. The molecule has 0 aliphatic rings. The Labute approximate surface area is 128 Å². The number of hydrogen-bond acceptors (Lipinski definition) is 1. The number of benzene rings is 3. The van der Waals surface area contributed by atoms with E-state index in [0.717, 1.165) is 32.7 Å². The van der Waals surface area contributed by atoms with Gasteiger partial charge in [0.1, 0.15) is 0 Å². The van der Waals surface area contributed by atoms with Crippen LogP contribution in [0.1, 0.15) is 0 Å². The van der Waals surface area contributed by atoms with E-state index in [0.29, 0.717) is 0 Å². The van der Waals surface area contributed by atoms with Gasteiger partial charge in [-0.05, 0) is 28.0 Å². The molecule has 22 heavy (non-hydrogen) atoms. The second kappa shape index (κ2) is 5.12. The molecule has 4 rings (SSSR count). The standard InChI is InChI=1S/C21H14O/c22-21-17-11-5-4-10-16(17)14-20(15-8-2-1-3-9-15)18-12-6-7-13-19(18)21/h1-14H. The lowest BCUT2D eigenvalue weighted by Crippen LogP contribution is -1.97. The van der Waals surface area contributed by atoms with Crippen molar-refractivity contribution in [1.29, 1.82) is 0 Å².